The first-order chi connectivity index (χ1) is 9.51. The van der Waals surface area contributed by atoms with Gasteiger partial charge in [-0.3, -0.25) is 9.48 Å². The number of carbonyl (C=O) groups is 1. The lowest BCUT2D eigenvalue weighted by atomic mass is 10.2. The maximum atomic E-state index is 12.2. The molecule has 0 fully saturated rings. The molecule has 0 aliphatic rings. The van der Waals surface area contributed by atoms with Crippen LogP contribution in [0.2, 0.25) is 0 Å². The van der Waals surface area contributed by atoms with E-state index >= 15 is 0 Å². The average Bonchev–Trinajstić information content (AvgIpc) is 3.06. The summed E-state index contributed by atoms with van der Waals surface area (Å²) in [4.78, 5) is 16.4. The molecule has 2 atom stereocenters. The lowest BCUT2D eigenvalue weighted by Crippen LogP contribution is -2.09. The maximum absolute atomic E-state index is 12.2. The van der Waals surface area contributed by atoms with Gasteiger partial charge in [0.15, 0.2) is 5.78 Å². The van der Waals surface area contributed by atoms with Crippen LogP contribution in [-0.2, 0) is 6.42 Å². The van der Waals surface area contributed by atoms with Crippen LogP contribution < -0.4 is 5.73 Å². The van der Waals surface area contributed by atoms with Crippen molar-refractivity contribution in [2.24, 2.45) is 5.73 Å². The molecule has 2 aromatic rings. The van der Waals surface area contributed by atoms with Crippen molar-refractivity contribution in [1.29, 1.82) is 0 Å². The van der Waals surface area contributed by atoms with Crippen LogP contribution in [0.5, 0.6) is 0 Å². The Morgan fingerprint density at radius 2 is 2.25 bits per heavy atom. The molecule has 2 rings (SSSR count). The monoisotopic (exact) mass is 292 g/mol. The van der Waals surface area contributed by atoms with Crippen molar-refractivity contribution in [3.8, 4) is 0 Å². The molecule has 20 heavy (non-hydrogen) atoms. The molecule has 2 N–H and O–H groups in total. The molecule has 6 heteroatoms. The Kier molecular flexibility index (Phi) is 4.67. The summed E-state index contributed by atoms with van der Waals surface area (Å²) in [6, 6.07) is 2.11. The lowest BCUT2D eigenvalue weighted by Gasteiger charge is -2.07. The van der Waals surface area contributed by atoms with E-state index in [1.165, 1.54) is 11.3 Å². The van der Waals surface area contributed by atoms with Gasteiger partial charge in [0, 0.05) is 17.6 Å². The SMILES string of the molecule is CCC(C)n1ccc(CC(=O)c2csc(C(C)N)n2)n1. The molecular formula is C14H20N4OS. The van der Waals surface area contributed by atoms with Gasteiger partial charge in [-0.15, -0.1) is 11.3 Å². The Labute approximate surface area is 122 Å². The summed E-state index contributed by atoms with van der Waals surface area (Å²) in [5.74, 6) is -0.0115. The molecule has 0 bridgehead atoms. The Morgan fingerprint density at radius 1 is 1.50 bits per heavy atom. The summed E-state index contributed by atoms with van der Waals surface area (Å²) >= 11 is 1.43. The van der Waals surface area contributed by atoms with Gasteiger partial charge in [0.25, 0.3) is 0 Å². The first kappa shape index (κ1) is 14.9. The molecule has 0 aliphatic heterocycles. The van der Waals surface area contributed by atoms with Gasteiger partial charge >= 0.3 is 0 Å². The number of thiazole rings is 1. The molecular weight excluding hydrogens is 272 g/mol. The van der Waals surface area contributed by atoms with Gasteiger partial charge in [0.1, 0.15) is 10.7 Å². The molecule has 5 nitrogen and oxygen atoms in total. The highest BCUT2D eigenvalue weighted by atomic mass is 32.1. The number of Topliss-reactive ketones (excluding diaryl/α,β-unsaturated/α-hetero) is 1. The second kappa shape index (κ2) is 6.28. The number of nitrogens with two attached hydrogens (primary N) is 1. The Hall–Kier alpha value is -1.53. The van der Waals surface area contributed by atoms with Gasteiger partial charge in [-0.25, -0.2) is 4.98 Å². The van der Waals surface area contributed by atoms with Crippen LogP contribution in [0.1, 0.15) is 60.5 Å². The van der Waals surface area contributed by atoms with Crippen LogP contribution in [0.4, 0.5) is 0 Å². The first-order valence-electron chi connectivity index (χ1n) is 6.79. The van der Waals surface area contributed by atoms with E-state index < -0.39 is 0 Å². The molecule has 0 aromatic carbocycles. The Bertz CT molecular complexity index is 588. The first-order valence-corrected chi connectivity index (χ1v) is 7.67. The average molecular weight is 292 g/mol. The minimum Gasteiger partial charge on any atom is -0.322 e. The van der Waals surface area contributed by atoms with Gasteiger partial charge in [0.2, 0.25) is 0 Å². The van der Waals surface area contributed by atoms with Crippen LogP contribution >= 0.6 is 11.3 Å². The summed E-state index contributed by atoms with van der Waals surface area (Å²) in [7, 11) is 0. The topological polar surface area (TPSA) is 73.8 Å². The zero-order valence-electron chi connectivity index (χ0n) is 12.0. The second-order valence-corrected chi connectivity index (χ2v) is 5.89. The zero-order valence-corrected chi connectivity index (χ0v) is 12.9. The number of rotatable bonds is 6. The fraction of sp³-hybridized carbons (Fsp3) is 0.500. The molecule has 108 valence electrons. The number of hydrogen-bond acceptors (Lipinski definition) is 5. The number of aromatic nitrogens is 3. The number of carbonyl (C=O) groups excluding carboxylic acids is 1. The third-order valence-electron chi connectivity index (χ3n) is 3.24. The van der Waals surface area contributed by atoms with E-state index in [-0.39, 0.29) is 18.2 Å². The second-order valence-electron chi connectivity index (χ2n) is 5.00. The van der Waals surface area contributed by atoms with E-state index in [4.69, 9.17) is 5.73 Å². The Morgan fingerprint density at radius 3 is 2.85 bits per heavy atom. The van der Waals surface area contributed by atoms with Crippen LogP contribution in [0.3, 0.4) is 0 Å². The van der Waals surface area contributed by atoms with E-state index in [2.05, 4.69) is 23.9 Å². The summed E-state index contributed by atoms with van der Waals surface area (Å²) < 4.78 is 1.90. The summed E-state index contributed by atoms with van der Waals surface area (Å²) in [6.07, 6.45) is 3.22. The third kappa shape index (κ3) is 3.32. The van der Waals surface area contributed by atoms with Crippen molar-refractivity contribution in [1.82, 2.24) is 14.8 Å². The molecule has 2 heterocycles. The molecule has 0 saturated carbocycles. The van der Waals surface area contributed by atoms with E-state index in [0.717, 1.165) is 17.1 Å². The zero-order chi connectivity index (χ0) is 14.7. The van der Waals surface area contributed by atoms with Crippen LogP contribution in [0, 0.1) is 0 Å². The van der Waals surface area contributed by atoms with E-state index in [0.29, 0.717) is 11.7 Å². The standard InChI is InChI=1S/C14H20N4OS/c1-4-9(2)18-6-5-11(17-18)7-13(19)12-8-20-14(16-12)10(3)15/h5-6,8-10H,4,7,15H2,1-3H3. The van der Waals surface area contributed by atoms with Gasteiger partial charge in [-0.1, -0.05) is 6.92 Å². The third-order valence-corrected chi connectivity index (χ3v) is 4.29. The summed E-state index contributed by atoms with van der Waals surface area (Å²) in [5.41, 5.74) is 7.02. The van der Waals surface area contributed by atoms with Gasteiger partial charge in [0.05, 0.1) is 18.2 Å². The molecule has 0 spiro atoms. The van der Waals surface area contributed by atoms with Crippen LogP contribution in [0.25, 0.3) is 0 Å². The molecule has 2 unspecified atom stereocenters. The van der Waals surface area contributed by atoms with Gasteiger partial charge in [-0.05, 0) is 26.3 Å². The van der Waals surface area contributed by atoms with Crippen molar-refractivity contribution in [2.75, 3.05) is 0 Å². The minimum absolute atomic E-state index is 0.0115. The van der Waals surface area contributed by atoms with Crippen molar-refractivity contribution < 1.29 is 4.79 Å². The maximum Gasteiger partial charge on any atom is 0.188 e. The van der Waals surface area contributed by atoms with Crippen molar-refractivity contribution in [2.45, 2.75) is 45.7 Å². The molecule has 2 aromatic heterocycles. The van der Waals surface area contributed by atoms with Crippen molar-refractivity contribution in [3.05, 3.63) is 34.0 Å². The lowest BCUT2D eigenvalue weighted by molar-refractivity contribution is 0.0987. The van der Waals surface area contributed by atoms with E-state index in [1.807, 2.05) is 23.9 Å². The highest BCUT2D eigenvalue weighted by Gasteiger charge is 2.15. The van der Waals surface area contributed by atoms with Crippen molar-refractivity contribution in [3.63, 3.8) is 0 Å². The molecule has 0 radical (unpaired) electrons. The number of hydrogen-bond donors (Lipinski definition) is 1. The Balaban J connectivity index is 2.05. The number of nitrogens with zero attached hydrogens (tertiary/aromatic N) is 3. The quantitative estimate of drug-likeness (QED) is 0.831. The molecule has 0 saturated heterocycles. The fourth-order valence-corrected chi connectivity index (χ4v) is 2.57. The summed E-state index contributed by atoms with van der Waals surface area (Å²) in [6.45, 7) is 6.08. The minimum atomic E-state index is -0.133. The van der Waals surface area contributed by atoms with Gasteiger partial charge < -0.3 is 5.73 Å². The predicted octanol–water partition coefficient (Wildman–Crippen LogP) is 2.76. The van der Waals surface area contributed by atoms with Crippen molar-refractivity contribution >= 4 is 17.1 Å². The van der Waals surface area contributed by atoms with Crippen LogP contribution in [0.15, 0.2) is 17.6 Å². The molecule has 0 amide bonds. The highest BCUT2D eigenvalue weighted by molar-refractivity contribution is 7.09. The number of ketones is 1. The smallest absolute Gasteiger partial charge is 0.188 e. The highest BCUT2D eigenvalue weighted by Crippen LogP contribution is 2.17. The van der Waals surface area contributed by atoms with Crippen LogP contribution in [-0.4, -0.2) is 20.5 Å². The fourth-order valence-electron chi connectivity index (χ4n) is 1.78. The van der Waals surface area contributed by atoms with Gasteiger partial charge in [-0.2, -0.15) is 5.10 Å². The van der Waals surface area contributed by atoms with E-state index in [1.54, 1.807) is 5.38 Å². The van der Waals surface area contributed by atoms with E-state index in [9.17, 15) is 4.79 Å². The predicted molar refractivity (Wildman–Crippen MR) is 80.0 cm³/mol. The molecule has 0 aliphatic carbocycles. The largest absolute Gasteiger partial charge is 0.322 e. The summed E-state index contributed by atoms with van der Waals surface area (Å²) in [5, 5.41) is 7.00. The normalized spacial score (nSPS) is 14.2.